The van der Waals surface area contributed by atoms with Crippen molar-refractivity contribution in [3.8, 4) is 23.7 Å². The van der Waals surface area contributed by atoms with Crippen molar-refractivity contribution < 1.29 is 0 Å². The standard InChI is InChI=1S/C37H32N2/c1-24-12-16-30(17-13-24)20-22-33-26(3)36(38-28(33)5)35(32-10-8-7-9-11-32)37-27(4)34(29(6)39-37)23-21-31-18-14-25(2)15-19-31/h7-19,38H,1-6H3/b37-35-. The van der Waals surface area contributed by atoms with Crippen molar-refractivity contribution in [1.29, 1.82) is 0 Å². The van der Waals surface area contributed by atoms with E-state index < -0.39 is 0 Å². The lowest BCUT2D eigenvalue weighted by molar-refractivity contribution is 1.21. The Bertz CT molecular complexity index is 1770. The van der Waals surface area contributed by atoms with Crippen LogP contribution < -0.4 is 0 Å². The van der Waals surface area contributed by atoms with Gasteiger partial charge < -0.3 is 4.98 Å². The first-order chi connectivity index (χ1) is 18.8. The normalized spacial score (nSPS) is 13.8. The summed E-state index contributed by atoms with van der Waals surface area (Å²) in [7, 11) is 0. The molecule has 3 aromatic carbocycles. The third kappa shape index (κ3) is 5.43. The first-order valence-corrected chi connectivity index (χ1v) is 13.3. The van der Waals surface area contributed by atoms with E-state index in [2.05, 4.69) is 136 Å². The molecule has 4 aromatic rings. The molecule has 1 aromatic heterocycles. The van der Waals surface area contributed by atoms with Gasteiger partial charge >= 0.3 is 0 Å². The van der Waals surface area contributed by atoms with E-state index >= 15 is 0 Å². The van der Waals surface area contributed by atoms with Crippen LogP contribution in [0, 0.1) is 51.4 Å². The molecule has 0 saturated heterocycles. The number of aromatic amines is 1. The molecule has 0 amide bonds. The Balaban J connectivity index is 1.65. The number of hydrogen-bond acceptors (Lipinski definition) is 1. The van der Waals surface area contributed by atoms with Crippen molar-refractivity contribution in [2.45, 2.75) is 41.5 Å². The molecule has 190 valence electrons. The van der Waals surface area contributed by atoms with E-state index in [4.69, 9.17) is 4.99 Å². The van der Waals surface area contributed by atoms with E-state index in [0.717, 1.165) is 67.3 Å². The summed E-state index contributed by atoms with van der Waals surface area (Å²) in [6, 6.07) is 27.1. The molecule has 0 unspecified atom stereocenters. The van der Waals surface area contributed by atoms with Crippen molar-refractivity contribution in [3.05, 3.63) is 146 Å². The number of aliphatic imine (C=N–C) groups is 1. The van der Waals surface area contributed by atoms with Crippen LogP contribution in [0.3, 0.4) is 0 Å². The minimum Gasteiger partial charge on any atom is -0.357 e. The zero-order valence-corrected chi connectivity index (χ0v) is 23.5. The SMILES string of the molecule is CC1=N/C(=C(/c2ccccc2)c2[nH]c(C)c(C#Cc3ccc(C)cc3)c2C)C(C)=C1C#Cc1ccc(C)cc1. The lowest BCUT2D eigenvalue weighted by Gasteiger charge is -2.12. The first kappa shape index (κ1) is 25.8. The van der Waals surface area contributed by atoms with Crippen LogP contribution in [0.25, 0.3) is 5.57 Å². The largest absolute Gasteiger partial charge is 0.357 e. The summed E-state index contributed by atoms with van der Waals surface area (Å²) in [6.45, 7) is 12.6. The number of aromatic nitrogens is 1. The maximum atomic E-state index is 5.08. The Labute approximate surface area is 232 Å². The molecule has 1 N–H and O–H groups in total. The van der Waals surface area contributed by atoms with E-state index in [1.807, 2.05) is 13.0 Å². The average molecular weight is 505 g/mol. The third-order valence-corrected chi connectivity index (χ3v) is 7.13. The van der Waals surface area contributed by atoms with Gasteiger partial charge in [0.1, 0.15) is 0 Å². The zero-order valence-electron chi connectivity index (χ0n) is 23.5. The van der Waals surface area contributed by atoms with Gasteiger partial charge in [0.05, 0.1) is 22.7 Å². The van der Waals surface area contributed by atoms with Gasteiger partial charge in [-0.25, -0.2) is 0 Å². The summed E-state index contributed by atoms with van der Waals surface area (Å²) in [6.07, 6.45) is 0. The maximum absolute atomic E-state index is 5.08. The minimum atomic E-state index is 0.941. The second-order valence-electron chi connectivity index (χ2n) is 10.1. The van der Waals surface area contributed by atoms with Crippen molar-refractivity contribution in [1.82, 2.24) is 4.98 Å². The number of aryl methyl sites for hydroxylation is 3. The summed E-state index contributed by atoms with van der Waals surface area (Å²) in [5.74, 6) is 13.5. The first-order valence-electron chi connectivity index (χ1n) is 13.3. The molecule has 5 rings (SSSR count). The molecule has 0 aliphatic carbocycles. The molecule has 1 aliphatic rings. The number of nitrogens with one attached hydrogen (secondary N) is 1. The summed E-state index contributed by atoms with van der Waals surface area (Å²) in [5, 5.41) is 0. The number of rotatable bonds is 2. The smallest absolute Gasteiger partial charge is 0.0775 e. The number of benzene rings is 3. The summed E-state index contributed by atoms with van der Waals surface area (Å²) < 4.78 is 0. The van der Waals surface area contributed by atoms with Crippen LogP contribution in [-0.2, 0) is 0 Å². The molecular weight excluding hydrogens is 472 g/mol. The molecule has 2 nitrogen and oxygen atoms in total. The van der Waals surface area contributed by atoms with Gasteiger partial charge in [0.15, 0.2) is 0 Å². The van der Waals surface area contributed by atoms with Gasteiger partial charge in [0.2, 0.25) is 0 Å². The number of nitrogens with zero attached hydrogens (tertiary/aromatic N) is 1. The molecule has 0 saturated carbocycles. The van der Waals surface area contributed by atoms with Crippen LogP contribution in [0.5, 0.6) is 0 Å². The molecule has 1 aliphatic heterocycles. The van der Waals surface area contributed by atoms with Crippen molar-refractivity contribution in [3.63, 3.8) is 0 Å². The highest BCUT2D eigenvalue weighted by molar-refractivity contribution is 6.09. The van der Waals surface area contributed by atoms with E-state index in [1.54, 1.807) is 0 Å². The fourth-order valence-corrected chi connectivity index (χ4v) is 4.86. The van der Waals surface area contributed by atoms with Gasteiger partial charge in [0.25, 0.3) is 0 Å². The number of H-pyrrole nitrogens is 1. The van der Waals surface area contributed by atoms with E-state index in [9.17, 15) is 0 Å². The van der Waals surface area contributed by atoms with Crippen LogP contribution in [-0.4, -0.2) is 10.7 Å². The maximum Gasteiger partial charge on any atom is 0.0775 e. The van der Waals surface area contributed by atoms with Gasteiger partial charge in [-0.1, -0.05) is 89.4 Å². The van der Waals surface area contributed by atoms with Gasteiger partial charge in [0, 0.05) is 28.0 Å². The molecule has 0 bridgehead atoms. The molecule has 0 fully saturated rings. The highest BCUT2D eigenvalue weighted by atomic mass is 14.8. The second kappa shape index (κ2) is 10.9. The van der Waals surface area contributed by atoms with Gasteiger partial charge in [-0.2, -0.15) is 0 Å². The Kier molecular flexibility index (Phi) is 7.23. The Morgan fingerprint density at radius 3 is 1.79 bits per heavy atom. The molecule has 2 heterocycles. The second-order valence-corrected chi connectivity index (χ2v) is 10.1. The highest BCUT2D eigenvalue weighted by Gasteiger charge is 2.24. The zero-order chi connectivity index (χ0) is 27.5. The third-order valence-electron chi connectivity index (χ3n) is 7.13. The topological polar surface area (TPSA) is 28.1 Å². The lowest BCUT2D eigenvalue weighted by Crippen LogP contribution is -1.96. The van der Waals surface area contributed by atoms with Gasteiger partial charge in [-0.05, 0) is 82.5 Å². The van der Waals surface area contributed by atoms with E-state index in [0.29, 0.717) is 0 Å². The quantitative estimate of drug-likeness (QED) is 0.266. The van der Waals surface area contributed by atoms with Crippen molar-refractivity contribution in [2.75, 3.05) is 0 Å². The predicted molar refractivity (Wildman–Crippen MR) is 164 cm³/mol. The number of hydrogen-bond donors (Lipinski definition) is 1. The average Bonchev–Trinajstić information content (AvgIpc) is 3.37. The lowest BCUT2D eigenvalue weighted by atomic mass is 9.94. The van der Waals surface area contributed by atoms with Crippen LogP contribution in [0.15, 0.2) is 101 Å². The monoisotopic (exact) mass is 504 g/mol. The molecule has 0 spiro atoms. The molecular formula is C37H32N2. The van der Waals surface area contributed by atoms with Crippen LogP contribution >= 0.6 is 0 Å². The molecule has 2 heteroatoms. The highest BCUT2D eigenvalue weighted by Crippen LogP contribution is 2.38. The summed E-state index contributed by atoms with van der Waals surface area (Å²) >= 11 is 0. The Morgan fingerprint density at radius 2 is 1.21 bits per heavy atom. The van der Waals surface area contributed by atoms with Crippen LogP contribution in [0.1, 0.15) is 64.2 Å². The predicted octanol–water partition coefficient (Wildman–Crippen LogP) is 8.25. The van der Waals surface area contributed by atoms with Gasteiger partial charge in [-0.3, -0.25) is 4.99 Å². The van der Waals surface area contributed by atoms with Crippen molar-refractivity contribution in [2.24, 2.45) is 4.99 Å². The Morgan fingerprint density at radius 1 is 0.641 bits per heavy atom. The molecule has 39 heavy (non-hydrogen) atoms. The Hall–Kier alpha value is -4.79. The van der Waals surface area contributed by atoms with Crippen LogP contribution in [0.2, 0.25) is 0 Å². The van der Waals surface area contributed by atoms with E-state index in [-0.39, 0.29) is 0 Å². The minimum absolute atomic E-state index is 0.941. The fourth-order valence-electron chi connectivity index (χ4n) is 4.86. The molecule has 0 atom stereocenters. The van der Waals surface area contributed by atoms with Gasteiger partial charge in [-0.15, -0.1) is 0 Å². The molecule has 0 radical (unpaired) electrons. The summed E-state index contributed by atoms with van der Waals surface area (Å²) in [5.41, 5.74) is 14.9. The fraction of sp³-hybridized carbons (Fsp3) is 0.162. The number of allylic oxidation sites excluding steroid dienone is 2. The van der Waals surface area contributed by atoms with E-state index in [1.165, 1.54) is 11.1 Å². The van der Waals surface area contributed by atoms with Crippen LogP contribution in [0.4, 0.5) is 0 Å². The van der Waals surface area contributed by atoms with Crippen molar-refractivity contribution >= 4 is 11.3 Å². The summed E-state index contributed by atoms with van der Waals surface area (Å²) in [4.78, 5) is 8.73.